The standard InChI is InChI=1S/C22H25N7O3/c1-22(2,10-18(30)31)17-9-4-6-13(26-17)11-25-12-15(29-24)19-14-7-5-8-16(32-3)20(14)28-21(23)27-19/h4-9,12,24-25H,10-11H2,1-3H3,(H,30,31)(H2,23,27,28)/b15-12-,29-24?. The molecule has 0 aliphatic heterocycles. The van der Waals surface area contributed by atoms with Crippen molar-refractivity contribution in [3.63, 3.8) is 0 Å². The maximum absolute atomic E-state index is 11.1. The number of para-hydroxylation sites is 1. The maximum atomic E-state index is 11.1. The second kappa shape index (κ2) is 9.38. The first-order valence-corrected chi connectivity index (χ1v) is 9.85. The number of ether oxygens (including phenoxy) is 1. The van der Waals surface area contributed by atoms with E-state index in [2.05, 4.69) is 25.4 Å². The number of carboxylic acids is 1. The van der Waals surface area contributed by atoms with E-state index in [1.807, 2.05) is 32.0 Å². The van der Waals surface area contributed by atoms with E-state index < -0.39 is 11.4 Å². The third kappa shape index (κ3) is 4.97. The highest BCUT2D eigenvalue weighted by Crippen LogP contribution is 2.30. The monoisotopic (exact) mass is 435 g/mol. The largest absolute Gasteiger partial charge is 0.494 e. The summed E-state index contributed by atoms with van der Waals surface area (Å²) in [6.07, 6.45) is 1.54. The lowest BCUT2D eigenvalue weighted by atomic mass is 9.85. The van der Waals surface area contributed by atoms with Crippen LogP contribution < -0.4 is 15.8 Å². The lowest BCUT2D eigenvalue weighted by Gasteiger charge is -2.22. The van der Waals surface area contributed by atoms with Crippen molar-refractivity contribution < 1.29 is 14.6 Å². The van der Waals surface area contributed by atoms with Gasteiger partial charge in [0.05, 0.1) is 25.8 Å². The van der Waals surface area contributed by atoms with Gasteiger partial charge < -0.3 is 20.9 Å². The number of nitrogens with two attached hydrogens (primary N) is 1. The van der Waals surface area contributed by atoms with E-state index in [9.17, 15) is 4.79 Å². The number of fused-ring (bicyclic) bond motifs is 1. The third-order valence-electron chi connectivity index (χ3n) is 4.91. The molecule has 2 heterocycles. The molecule has 166 valence electrons. The molecule has 5 N–H and O–H groups in total. The Morgan fingerprint density at radius 1 is 1.25 bits per heavy atom. The van der Waals surface area contributed by atoms with Crippen molar-refractivity contribution in [2.75, 3.05) is 12.8 Å². The molecule has 0 unspecified atom stereocenters. The van der Waals surface area contributed by atoms with Gasteiger partial charge in [-0.1, -0.05) is 32.0 Å². The van der Waals surface area contributed by atoms with Gasteiger partial charge in [0, 0.05) is 22.7 Å². The van der Waals surface area contributed by atoms with Gasteiger partial charge in [0.15, 0.2) is 0 Å². The second-order valence-electron chi connectivity index (χ2n) is 7.78. The minimum Gasteiger partial charge on any atom is -0.494 e. The molecule has 0 fully saturated rings. The molecule has 0 aliphatic rings. The van der Waals surface area contributed by atoms with Crippen molar-refractivity contribution in [3.8, 4) is 5.75 Å². The number of nitrogen functional groups attached to an aromatic ring is 1. The third-order valence-corrected chi connectivity index (χ3v) is 4.91. The predicted molar refractivity (Wildman–Crippen MR) is 120 cm³/mol. The molecule has 2 aromatic heterocycles. The number of hydrogen-bond acceptors (Lipinski definition) is 9. The minimum atomic E-state index is -0.877. The smallest absolute Gasteiger partial charge is 0.304 e. The van der Waals surface area contributed by atoms with Gasteiger partial charge in [-0.3, -0.25) is 9.78 Å². The molecule has 0 atom stereocenters. The van der Waals surface area contributed by atoms with Crippen molar-refractivity contribution in [1.82, 2.24) is 20.3 Å². The van der Waals surface area contributed by atoms with E-state index in [1.54, 1.807) is 31.5 Å². The van der Waals surface area contributed by atoms with Crippen LogP contribution in [-0.4, -0.2) is 33.1 Å². The number of nitrogens with one attached hydrogen (secondary N) is 2. The first-order valence-electron chi connectivity index (χ1n) is 9.85. The zero-order valence-electron chi connectivity index (χ0n) is 18.1. The number of carbonyl (C=O) groups is 1. The number of nitrogens with zero attached hydrogens (tertiary/aromatic N) is 4. The summed E-state index contributed by atoms with van der Waals surface area (Å²) in [6.45, 7) is 4.03. The number of aromatic nitrogens is 3. The van der Waals surface area contributed by atoms with E-state index in [1.165, 1.54) is 0 Å². The van der Waals surface area contributed by atoms with Gasteiger partial charge in [0.1, 0.15) is 22.7 Å². The second-order valence-corrected chi connectivity index (χ2v) is 7.78. The molecule has 3 rings (SSSR count). The van der Waals surface area contributed by atoms with Gasteiger partial charge in [0.25, 0.3) is 0 Å². The topological polar surface area (TPSA) is 159 Å². The number of anilines is 1. The van der Waals surface area contributed by atoms with Crippen LogP contribution in [0.3, 0.4) is 0 Å². The Balaban J connectivity index is 1.87. The number of methoxy groups -OCH3 is 1. The Morgan fingerprint density at radius 2 is 2.00 bits per heavy atom. The summed E-state index contributed by atoms with van der Waals surface area (Å²) in [7, 11) is 1.54. The summed E-state index contributed by atoms with van der Waals surface area (Å²) < 4.78 is 5.35. The average molecular weight is 435 g/mol. The number of benzene rings is 1. The Labute approximate surface area is 185 Å². The summed E-state index contributed by atoms with van der Waals surface area (Å²) >= 11 is 0. The fourth-order valence-electron chi connectivity index (χ4n) is 3.33. The number of hydrogen-bond donors (Lipinski definition) is 4. The van der Waals surface area contributed by atoms with Crippen molar-refractivity contribution >= 4 is 28.5 Å². The molecule has 0 amide bonds. The molecule has 10 heteroatoms. The predicted octanol–water partition coefficient (Wildman–Crippen LogP) is 3.49. The molecule has 0 saturated carbocycles. The van der Waals surface area contributed by atoms with Crippen molar-refractivity contribution in [3.05, 3.63) is 59.7 Å². The van der Waals surface area contributed by atoms with E-state index >= 15 is 0 Å². The molecule has 0 saturated heterocycles. The van der Waals surface area contributed by atoms with Crippen LogP contribution in [0.15, 0.2) is 47.7 Å². The highest BCUT2D eigenvalue weighted by molar-refractivity contribution is 5.93. The van der Waals surface area contributed by atoms with Gasteiger partial charge in [-0.15, -0.1) is 0 Å². The fraction of sp³-hybridized carbons (Fsp3) is 0.273. The van der Waals surface area contributed by atoms with Gasteiger partial charge >= 0.3 is 5.97 Å². The highest BCUT2D eigenvalue weighted by atomic mass is 16.5. The van der Waals surface area contributed by atoms with E-state index in [-0.39, 0.29) is 18.1 Å². The molecular weight excluding hydrogens is 410 g/mol. The molecule has 10 nitrogen and oxygen atoms in total. The molecule has 0 radical (unpaired) electrons. The van der Waals surface area contributed by atoms with Gasteiger partial charge in [-0.2, -0.15) is 5.11 Å². The number of carboxylic acid groups (broad SMARTS) is 1. The first-order chi connectivity index (χ1) is 15.2. The molecule has 0 bridgehead atoms. The van der Waals surface area contributed by atoms with Crippen LogP contribution in [-0.2, 0) is 16.8 Å². The molecule has 0 aliphatic carbocycles. The normalized spacial score (nSPS) is 11.9. The van der Waals surface area contributed by atoms with E-state index in [0.29, 0.717) is 34.6 Å². The van der Waals surface area contributed by atoms with Crippen LogP contribution in [0.4, 0.5) is 5.95 Å². The van der Waals surface area contributed by atoms with Crippen LogP contribution in [0.1, 0.15) is 37.4 Å². The SMILES string of the molecule is COc1cccc2c(/C(=C/NCc3cccc(C(C)(C)CC(=O)O)n3)N=N)nc(N)nc12. The van der Waals surface area contributed by atoms with E-state index in [0.717, 1.165) is 5.69 Å². The maximum Gasteiger partial charge on any atom is 0.304 e. The number of pyridine rings is 1. The number of rotatable bonds is 9. The Hall–Kier alpha value is -4.08. The lowest BCUT2D eigenvalue weighted by Crippen LogP contribution is -2.23. The van der Waals surface area contributed by atoms with Crippen molar-refractivity contribution in [2.45, 2.75) is 32.2 Å². The zero-order valence-corrected chi connectivity index (χ0v) is 18.1. The lowest BCUT2D eigenvalue weighted by molar-refractivity contribution is -0.138. The van der Waals surface area contributed by atoms with Gasteiger partial charge in [0.2, 0.25) is 5.95 Å². The van der Waals surface area contributed by atoms with Crippen LogP contribution in [0, 0.1) is 5.53 Å². The molecule has 3 aromatic rings. The molecular formula is C22H25N7O3. The summed E-state index contributed by atoms with van der Waals surface area (Å²) in [5.41, 5.74) is 15.5. The van der Waals surface area contributed by atoms with Crippen LogP contribution >= 0.6 is 0 Å². The molecule has 1 aromatic carbocycles. The summed E-state index contributed by atoms with van der Waals surface area (Å²) in [6, 6.07) is 10.9. The fourth-order valence-corrected chi connectivity index (χ4v) is 3.33. The Bertz CT molecular complexity index is 1190. The molecule has 0 spiro atoms. The first kappa shape index (κ1) is 22.6. The molecule has 32 heavy (non-hydrogen) atoms. The van der Waals surface area contributed by atoms with Gasteiger partial charge in [-0.05, 0) is 18.2 Å². The zero-order chi connectivity index (χ0) is 23.3. The quantitative estimate of drug-likeness (QED) is 0.372. The van der Waals surface area contributed by atoms with Crippen LogP contribution in [0.2, 0.25) is 0 Å². The summed E-state index contributed by atoms with van der Waals surface area (Å²) in [4.78, 5) is 24.2. The highest BCUT2D eigenvalue weighted by Gasteiger charge is 2.25. The average Bonchev–Trinajstić information content (AvgIpc) is 2.75. The summed E-state index contributed by atoms with van der Waals surface area (Å²) in [5, 5.41) is 16.5. The number of aliphatic carboxylic acids is 1. The minimum absolute atomic E-state index is 0.0235. The Morgan fingerprint density at radius 3 is 2.69 bits per heavy atom. The van der Waals surface area contributed by atoms with Crippen LogP contribution in [0.5, 0.6) is 5.75 Å². The summed E-state index contributed by atoms with van der Waals surface area (Å²) in [5.74, 6) is -0.292. The van der Waals surface area contributed by atoms with Gasteiger partial charge in [-0.25, -0.2) is 15.5 Å². The van der Waals surface area contributed by atoms with Crippen LogP contribution in [0.25, 0.3) is 16.6 Å². The van der Waals surface area contributed by atoms with Crippen molar-refractivity contribution in [1.29, 1.82) is 5.53 Å². The Kier molecular flexibility index (Phi) is 6.62. The van der Waals surface area contributed by atoms with Crippen molar-refractivity contribution in [2.24, 2.45) is 5.11 Å². The van der Waals surface area contributed by atoms with E-state index in [4.69, 9.17) is 21.1 Å².